The third-order valence-electron chi connectivity index (χ3n) is 5.06. The number of rotatable bonds is 2. The highest BCUT2D eigenvalue weighted by atomic mass is 16.5. The highest BCUT2D eigenvalue weighted by molar-refractivity contribution is 5.80. The Kier molecular flexibility index (Phi) is 4.85. The number of carbonyl (C=O) groups is 1. The van der Waals surface area contributed by atoms with E-state index in [-0.39, 0.29) is 24.0 Å². The first-order valence-electron chi connectivity index (χ1n) is 7.61. The molecule has 0 aromatic carbocycles. The van der Waals surface area contributed by atoms with Crippen molar-refractivity contribution in [3.05, 3.63) is 0 Å². The Morgan fingerprint density at radius 3 is 2.58 bits per heavy atom. The third kappa shape index (κ3) is 3.11. The van der Waals surface area contributed by atoms with E-state index in [0.717, 1.165) is 38.8 Å². The minimum absolute atomic E-state index is 0.0136. The lowest BCUT2D eigenvalue weighted by Crippen LogP contribution is -2.53. The number of likely N-dealkylation sites (tertiary alicyclic amines) is 1. The highest BCUT2D eigenvalue weighted by Crippen LogP contribution is 2.31. The van der Waals surface area contributed by atoms with Crippen LogP contribution in [0.25, 0.3) is 0 Å². The number of methoxy groups -OCH3 is 1. The van der Waals surface area contributed by atoms with Crippen molar-refractivity contribution in [1.29, 1.82) is 0 Å². The van der Waals surface area contributed by atoms with Crippen molar-refractivity contribution in [2.75, 3.05) is 20.2 Å². The second-order valence-corrected chi connectivity index (χ2v) is 6.42. The van der Waals surface area contributed by atoms with Crippen LogP contribution in [0, 0.1) is 17.8 Å². The Balaban J connectivity index is 2.02. The van der Waals surface area contributed by atoms with Crippen LogP contribution in [-0.4, -0.2) is 43.2 Å². The van der Waals surface area contributed by atoms with Crippen molar-refractivity contribution in [1.82, 2.24) is 4.90 Å². The van der Waals surface area contributed by atoms with Crippen molar-refractivity contribution in [3.8, 4) is 0 Å². The van der Waals surface area contributed by atoms with Gasteiger partial charge in [-0.05, 0) is 31.1 Å². The second-order valence-electron chi connectivity index (χ2n) is 6.42. The molecule has 4 nitrogen and oxygen atoms in total. The summed E-state index contributed by atoms with van der Waals surface area (Å²) in [6.45, 7) is 5.95. The summed E-state index contributed by atoms with van der Waals surface area (Å²) in [6, 6.07) is 0.0385. The van der Waals surface area contributed by atoms with Crippen molar-refractivity contribution >= 4 is 5.91 Å². The zero-order chi connectivity index (χ0) is 14.0. The van der Waals surface area contributed by atoms with Crippen LogP contribution < -0.4 is 5.73 Å². The van der Waals surface area contributed by atoms with Crippen molar-refractivity contribution in [2.45, 2.75) is 51.7 Å². The maximum Gasteiger partial charge on any atom is 0.227 e. The number of nitrogens with two attached hydrogens (primary N) is 1. The van der Waals surface area contributed by atoms with Gasteiger partial charge in [-0.25, -0.2) is 0 Å². The average Bonchev–Trinajstić information content (AvgIpc) is 2.39. The van der Waals surface area contributed by atoms with Crippen LogP contribution in [0.5, 0.6) is 0 Å². The summed E-state index contributed by atoms with van der Waals surface area (Å²) in [5.41, 5.74) is 6.19. The molecular formula is C15H28N2O2. The van der Waals surface area contributed by atoms with Gasteiger partial charge in [-0.1, -0.05) is 20.3 Å². The summed E-state index contributed by atoms with van der Waals surface area (Å²) < 4.78 is 5.50. The zero-order valence-electron chi connectivity index (χ0n) is 12.5. The molecule has 1 saturated heterocycles. The van der Waals surface area contributed by atoms with Crippen molar-refractivity contribution in [2.24, 2.45) is 23.5 Å². The molecule has 5 unspecified atom stereocenters. The number of carbonyl (C=O) groups excluding carboxylic acids is 1. The van der Waals surface area contributed by atoms with Gasteiger partial charge in [0.2, 0.25) is 5.91 Å². The molecule has 0 spiro atoms. The molecule has 1 saturated carbocycles. The zero-order valence-corrected chi connectivity index (χ0v) is 12.5. The van der Waals surface area contributed by atoms with Crippen LogP contribution in [0.2, 0.25) is 0 Å². The number of hydrogen-bond acceptors (Lipinski definition) is 3. The smallest absolute Gasteiger partial charge is 0.227 e. The summed E-state index contributed by atoms with van der Waals surface area (Å²) in [6.07, 6.45) is 4.47. The largest absolute Gasteiger partial charge is 0.379 e. The SMILES string of the molecule is COC1CN(C(=O)C2C(C)CCCC2N)CCC1C. The van der Waals surface area contributed by atoms with E-state index in [9.17, 15) is 4.79 Å². The quantitative estimate of drug-likeness (QED) is 0.828. The van der Waals surface area contributed by atoms with E-state index in [4.69, 9.17) is 10.5 Å². The number of piperidine rings is 1. The van der Waals surface area contributed by atoms with Gasteiger partial charge in [0.05, 0.1) is 12.0 Å². The maximum atomic E-state index is 12.7. The number of nitrogens with zero attached hydrogens (tertiary/aromatic N) is 1. The van der Waals surface area contributed by atoms with Crippen LogP contribution in [0.15, 0.2) is 0 Å². The van der Waals surface area contributed by atoms with E-state index in [1.54, 1.807) is 7.11 Å². The molecule has 1 aliphatic heterocycles. The molecule has 0 aromatic heterocycles. The lowest BCUT2D eigenvalue weighted by Gasteiger charge is -2.41. The van der Waals surface area contributed by atoms with Crippen LogP contribution in [0.1, 0.15) is 39.5 Å². The number of hydrogen-bond donors (Lipinski definition) is 1. The van der Waals surface area contributed by atoms with E-state index < -0.39 is 0 Å². The summed E-state index contributed by atoms with van der Waals surface area (Å²) in [5, 5.41) is 0. The Morgan fingerprint density at radius 1 is 1.21 bits per heavy atom. The first-order valence-corrected chi connectivity index (χ1v) is 7.61. The molecule has 1 amide bonds. The minimum Gasteiger partial charge on any atom is -0.379 e. The molecule has 4 heteroatoms. The van der Waals surface area contributed by atoms with Gasteiger partial charge in [0.25, 0.3) is 0 Å². The van der Waals surface area contributed by atoms with Crippen LogP contribution in [0.4, 0.5) is 0 Å². The van der Waals surface area contributed by atoms with E-state index in [1.807, 2.05) is 4.90 Å². The summed E-state index contributed by atoms with van der Waals surface area (Å²) in [7, 11) is 1.74. The van der Waals surface area contributed by atoms with Crippen LogP contribution in [0.3, 0.4) is 0 Å². The van der Waals surface area contributed by atoms with E-state index in [0.29, 0.717) is 11.8 Å². The van der Waals surface area contributed by atoms with Gasteiger partial charge in [-0.15, -0.1) is 0 Å². The van der Waals surface area contributed by atoms with Gasteiger partial charge >= 0.3 is 0 Å². The van der Waals surface area contributed by atoms with E-state index in [1.165, 1.54) is 0 Å². The topological polar surface area (TPSA) is 55.6 Å². The highest BCUT2D eigenvalue weighted by Gasteiger charge is 2.38. The Bertz CT molecular complexity index is 311. The molecule has 1 aliphatic carbocycles. The third-order valence-corrected chi connectivity index (χ3v) is 5.06. The molecular weight excluding hydrogens is 240 g/mol. The van der Waals surface area contributed by atoms with Crippen molar-refractivity contribution in [3.63, 3.8) is 0 Å². The van der Waals surface area contributed by atoms with E-state index in [2.05, 4.69) is 13.8 Å². The fourth-order valence-electron chi connectivity index (χ4n) is 3.63. The van der Waals surface area contributed by atoms with Gasteiger partial charge in [0.1, 0.15) is 0 Å². The monoisotopic (exact) mass is 268 g/mol. The molecule has 0 bridgehead atoms. The predicted octanol–water partition coefficient (Wildman–Crippen LogP) is 1.63. The molecule has 0 radical (unpaired) electrons. The minimum atomic E-state index is 0.0136. The Labute approximate surface area is 116 Å². The predicted molar refractivity (Wildman–Crippen MR) is 75.6 cm³/mol. The fraction of sp³-hybridized carbons (Fsp3) is 0.933. The van der Waals surface area contributed by atoms with Crippen LogP contribution in [-0.2, 0) is 9.53 Å². The fourth-order valence-corrected chi connectivity index (χ4v) is 3.63. The lowest BCUT2D eigenvalue weighted by molar-refractivity contribution is -0.144. The first kappa shape index (κ1) is 14.8. The van der Waals surface area contributed by atoms with Gasteiger partial charge in [0, 0.05) is 26.2 Å². The molecule has 2 fully saturated rings. The molecule has 19 heavy (non-hydrogen) atoms. The van der Waals surface area contributed by atoms with Gasteiger partial charge in [-0.3, -0.25) is 4.79 Å². The molecule has 1 heterocycles. The molecule has 5 atom stereocenters. The molecule has 2 aliphatic rings. The van der Waals surface area contributed by atoms with Gasteiger partial charge in [0.15, 0.2) is 0 Å². The molecule has 0 aromatic rings. The van der Waals surface area contributed by atoms with Crippen molar-refractivity contribution < 1.29 is 9.53 Å². The normalized spacial score (nSPS) is 40.2. The van der Waals surface area contributed by atoms with Crippen LogP contribution >= 0.6 is 0 Å². The standard InChI is InChI=1S/C15H28N2O2/c1-10-7-8-17(9-13(10)19-3)15(18)14-11(2)5-4-6-12(14)16/h10-14H,4-9,16H2,1-3H3. The molecule has 2 rings (SSSR count). The number of amides is 1. The summed E-state index contributed by atoms with van der Waals surface area (Å²) in [5.74, 6) is 1.22. The van der Waals surface area contributed by atoms with E-state index >= 15 is 0 Å². The lowest BCUT2D eigenvalue weighted by atomic mass is 9.76. The Hall–Kier alpha value is -0.610. The Morgan fingerprint density at radius 2 is 1.95 bits per heavy atom. The summed E-state index contributed by atoms with van der Waals surface area (Å²) >= 11 is 0. The number of ether oxygens (including phenoxy) is 1. The summed E-state index contributed by atoms with van der Waals surface area (Å²) in [4.78, 5) is 14.7. The maximum absolute atomic E-state index is 12.7. The second kappa shape index (κ2) is 6.23. The van der Waals surface area contributed by atoms with Gasteiger partial charge < -0.3 is 15.4 Å². The molecule has 110 valence electrons. The molecule has 2 N–H and O–H groups in total. The first-order chi connectivity index (χ1) is 9.04. The van der Waals surface area contributed by atoms with Gasteiger partial charge in [-0.2, -0.15) is 0 Å². The average molecular weight is 268 g/mol.